The normalized spacial score (nSPS) is 13.3. The highest BCUT2D eigenvalue weighted by atomic mass is 16.5. The van der Waals surface area contributed by atoms with E-state index in [1.165, 1.54) is 0 Å². The van der Waals surface area contributed by atoms with Crippen molar-refractivity contribution in [2.45, 2.75) is 26.4 Å². The predicted octanol–water partition coefficient (Wildman–Crippen LogP) is 2.10. The average molecular weight is 251 g/mol. The number of hydrogen-bond donors (Lipinski definition) is 1. The molecule has 0 aromatic carbocycles. The van der Waals surface area contributed by atoms with Crippen LogP contribution in [0, 0.1) is 0 Å². The molecule has 1 N–H and O–H groups in total. The Hall–Kier alpha value is -1.62. The van der Waals surface area contributed by atoms with Crippen LogP contribution in [0.15, 0.2) is 12.1 Å². The van der Waals surface area contributed by atoms with Gasteiger partial charge in [-0.25, -0.2) is 9.97 Å². The summed E-state index contributed by atoms with van der Waals surface area (Å²) in [6, 6.07) is 0. The van der Waals surface area contributed by atoms with E-state index in [0.717, 1.165) is 29.3 Å². The van der Waals surface area contributed by atoms with E-state index in [1.807, 2.05) is 20.0 Å². The van der Waals surface area contributed by atoms with E-state index in [1.54, 1.807) is 20.5 Å². The monoisotopic (exact) mass is 251 g/mol. The Bertz CT molecular complexity index is 419. The minimum Gasteiger partial charge on any atom is -0.498 e. The molecule has 1 rings (SSSR count). The van der Waals surface area contributed by atoms with Gasteiger partial charge in [-0.1, -0.05) is 6.92 Å². The molecule has 0 aliphatic carbocycles. The van der Waals surface area contributed by atoms with E-state index >= 15 is 0 Å². The van der Waals surface area contributed by atoms with Gasteiger partial charge in [0.1, 0.15) is 24.0 Å². The van der Waals surface area contributed by atoms with Crippen molar-refractivity contribution in [1.29, 1.82) is 0 Å². The van der Waals surface area contributed by atoms with E-state index in [9.17, 15) is 0 Å². The third-order valence-corrected chi connectivity index (χ3v) is 2.84. The molecule has 1 aromatic heterocycles. The number of anilines is 1. The van der Waals surface area contributed by atoms with E-state index < -0.39 is 0 Å². The van der Waals surface area contributed by atoms with Crippen LogP contribution in [-0.4, -0.2) is 37.3 Å². The van der Waals surface area contributed by atoms with Crippen molar-refractivity contribution in [2.75, 3.05) is 26.6 Å². The van der Waals surface area contributed by atoms with Gasteiger partial charge in [0.2, 0.25) is 0 Å². The molecule has 0 saturated heterocycles. The van der Waals surface area contributed by atoms with E-state index in [2.05, 4.69) is 22.2 Å². The van der Waals surface area contributed by atoms with Gasteiger partial charge in [-0.3, -0.25) is 0 Å². The minimum absolute atomic E-state index is 0.104. The van der Waals surface area contributed by atoms with Gasteiger partial charge < -0.3 is 14.8 Å². The molecule has 5 nitrogen and oxygen atoms in total. The molecule has 0 aliphatic heterocycles. The molecular formula is C13H21N3O2. The smallest absolute Gasteiger partial charge is 0.132 e. The van der Waals surface area contributed by atoms with Crippen LogP contribution >= 0.6 is 0 Å². The van der Waals surface area contributed by atoms with Gasteiger partial charge in [0.05, 0.1) is 12.8 Å². The Morgan fingerprint density at radius 1 is 1.44 bits per heavy atom. The molecule has 1 aromatic rings. The molecule has 0 fully saturated rings. The maximum absolute atomic E-state index is 5.34. The second kappa shape index (κ2) is 6.96. The fourth-order valence-electron chi connectivity index (χ4n) is 1.71. The standard InChI is InChI=1S/C13H21N3O2/c1-6-10-11(15-8-16-13(10)14-3)7-12(18-5)9(2)17-4/h7-9H,6H2,1-5H3,(H,14,15,16)/b12-7+. The summed E-state index contributed by atoms with van der Waals surface area (Å²) in [7, 11) is 5.13. The lowest BCUT2D eigenvalue weighted by molar-refractivity contribution is 0.0937. The zero-order valence-electron chi connectivity index (χ0n) is 11.7. The number of methoxy groups -OCH3 is 2. The summed E-state index contributed by atoms with van der Waals surface area (Å²) in [5, 5.41) is 3.07. The van der Waals surface area contributed by atoms with Crippen LogP contribution in [0.5, 0.6) is 0 Å². The number of nitrogens with zero attached hydrogens (tertiary/aromatic N) is 2. The zero-order chi connectivity index (χ0) is 13.5. The molecule has 18 heavy (non-hydrogen) atoms. The summed E-state index contributed by atoms with van der Waals surface area (Å²) < 4.78 is 10.6. The van der Waals surface area contributed by atoms with Crippen molar-refractivity contribution >= 4 is 11.9 Å². The Labute approximate surface area is 108 Å². The molecule has 1 atom stereocenters. The van der Waals surface area contributed by atoms with Crippen LogP contribution in [0.25, 0.3) is 6.08 Å². The third kappa shape index (κ3) is 3.20. The molecule has 0 bridgehead atoms. The molecular weight excluding hydrogens is 230 g/mol. The molecule has 1 heterocycles. The molecule has 5 heteroatoms. The van der Waals surface area contributed by atoms with Gasteiger partial charge in [-0.15, -0.1) is 0 Å². The van der Waals surface area contributed by atoms with Crippen molar-refractivity contribution in [3.8, 4) is 0 Å². The van der Waals surface area contributed by atoms with Gasteiger partial charge in [-0.05, 0) is 13.3 Å². The molecule has 0 saturated carbocycles. The van der Waals surface area contributed by atoms with E-state index in [4.69, 9.17) is 9.47 Å². The number of nitrogens with one attached hydrogen (secondary N) is 1. The summed E-state index contributed by atoms with van der Waals surface area (Å²) in [4.78, 5) is 8.50. The summed E-state index contributed by atoms with van der Waals surface area (Å²) in [5.41, 5.74) is 1.93. The lowest BCUT2D eigenvalue weighted by Gasteiger charge is -2.14. The van der Waals surface area contributed by atoms with Gasteiger partial charge in [0.15, 0.2) is 0 Å². The van der Waals surface area contributed by atoms with Crippen LogP contribution in [0.4, 0.5) is 5.82 Å². The van der Waals surface area contributed by atoms with Crippen molar-refractivity contribution in [1.82, 2.24) is 9.97 Å². The van der Waals surface area contributed by atoms with Crippen molar-refractivity contribution in [2.24, 2.45) is 0 Å². The number of rotatable bonds is 6. The average Bonchev–Trinajstić information content (AvgIpc) is 2.43. The SMILES string of the molecule is CCc1c(/C=C(/OC)C(C)OC)ncnc1NC. The third-order valence-electron chi connectivity index (χ3n) is 2.84. The van der Waals surface area contributed by atoms with Crippen LogP contribution in [0.3, 0.4) is 0 Å². The largest absolute Gasteiger partial charge is 0.498 e. The topological polar surface area (TPSA) is 56.3 Å². The van der Waals surface area contributed by atoms with Crippen LogP contribution in [-0.2, 0) is 15.9 Å². The van der Waals surface area contributed by atoms with Crippen molar-refractivity contribution in [3.63, 3.8) is 0 Å². The fourth-order valence-corrected chi connectivity index (χ4v) is 1.71. The number of hydrogen-bond acceptors (Lipinski definition) is 5. The maximum Gasteiger partial charge on any atom is 0.132 e. The second-order valence-corrected chi connectivity index (χ2v) is 3.82. The lowest BCUT2D eigenvalue weighted by atomic mass is 10.1. The fraction of sp³-hybridized carbons (Fsp3) is 0.538. The van der Waals surface area contributed by atoms with Crippen LogP contribution < -0.4 is 5.32 Å². The quantitative estimate of drug-likeness (QED) is 0.785. The van der Waals surface area contributed by atoms with Crippen molar-refractivity contribution in [3.05, 3.63) is 23.3 Å². The van der Waals surface area contributed by atoms with Gasteiger partial charge >= 0.3 is 0 Å². The maximum atomic E-state index is 5.34. The van der Waals surface area contributed by atoms with Gasteiger partial charge in [-0.2, -0.15) is 0 Å². The highest BCUT2D eigenvalue weighted by molar-refractivity contribution is 5.59. The number of aromatic nitrogens is 2. The Morgan fingerprint density at radius 3 is 2.67 bits per heavy atom. The molecule has 1 unspecified atom stereocenters. The minimum atomic E-state index is -0.104. The number of ether oxygens (including phenoxy) is 2. The van der Waals surface area contributed by atoms with E-state index in [0.29, 0.717) is 0 Å². The second-order valence-electron chi connectivity index (χ2n) is 3.82. The van der Waals surface area contributed by atoms with E-state index in [-0.39, 0.29) is 6.10 Å². The molecule has 0 aliphatic rings. The summed E-state index contributed by atoms with van der Waals surface area (Å²) in [6.45, 7) is 4.00. The first-order chi connectivity index (χ1) is 8.67. The Kier molecular flexibility index (Phi) is 5.58. The Balaban J connectivity index is 3.19. The summed E-state index contributed by atoms with van der Waals surface area (Å²) >= 11 is 0. The van der Waals surface area contributed by atoms with Crippen molar-refractivity contribution < 1.29 is 9.47 Å². The first kappa shape index (κ1) is 14.4. The van der Waals surface area contributed by atoms with Crippen LogP contribution in [0.1, 0.15) is 25.1 Å². The predicted molar refractivity (Wildman–Crippen MR) is 72.4 cm³/mol. The molecule has 0 amide bonds. The lowest BCUT2D eigenvalue weighted by Crippen LogP contribution is -2.11. The Morgan fingerprint density at radius 2 is 2.17 bits per heavy atom. The first-order valence-electron chi connectivity index (χ1n) is 5.97. The van der Waals surface area contributed by atoms with Gasteiger partial charge in [0, 0.05) is 25.8 Å². The highest BCUT2D eigenvalue weighted by Crippen LogP contribution is 2.19. The highest BCUT2D eigenvalue weighted by Gasteiger charge is 2.12. The summed E-state index contributed by atoms with van der Waals surface area (Å²) in [6.07, 6.45) is 4.19. The van der Waals surface area contributed by atoms with Crippen LogP contribution in [0.2, 0.25) is 0 Å². The molecule has 0 radical (unpaired) electrons. The molecule has 0 spiro atoms. The zero-order valence-corrected chi connectivity index (χ0v) is 11.7. The summed E-state index contributed by atoms with van der Waals surface area (Å²) in [5.74, 6) is 1.59. The van der Waals surface area contributed by atoms with Gasteiger partial charge in [0.25, 0.3) is 0 Å². The first-order valence-corrected chi connectivity index (χ1v) is 5.97. The molecule has 100 valence electrons.